The largest absolute Gasteiger partial charge is 0.378 e. The number of piperazine rings is 1. The van der Waals surface area contributed by atoms with Gasteiger partial charge < -0.3 is 14.5 Å². The van der Waals surface area contributed by atoms with Crippen molar-refractivity contribution in [3.8, 4) is 0 Å². The van der Waals surface area contributed by atoms with E-state index in [-0.39, 0.29) is 6.04 Å². The van der Waals surface area contributed by atoms with Crippen LogP contribution in [0.1, 0.15) is 40.5 Å². The summed E-state index contributed by atoms with van der Waals surface area (Å²) >= 11 is 0. The van der Waals surface area contributed by atoms with Crippen LogP contribution in [0.5, 0.6) is 0 Å². The summed E-state index contributed by atoms with van der Waals surface area (Å²) in [5.41, 5.74) is 0. The Morgan fingerprint density at radius 2 is 1.65 bits per heavy atom. The minimum atomic E-state index is 0.00854. The molecule has 2 saturated heterocycles. The number of ether oxygens (including phenoxy) is 1. The molecule has 23 heavy (non-hydrogen) atoms. The Hall–Kier alpha value is -0.650. The maximum atomic E-state index is 12.7. The molecule has 0 N–H and O–H groups in total. The first kappa shape index (κ1) is 18.7. The van der Waals surface area contributed by atoms with Crippen molar-refractivity contribution >= 4 is 5.91 Å². The molecule has 1 atom stereocenters. The number of likely N-dealkylation sites (N-methyl/N-ethyl adjacent to an activating group) is 1. The number of hydrogen-bond acceptors (Lipinski definition) is 4. The van der Waals surface area contributed by atoms with Crippen molar-refractivity contribution in [3.63, 3.8) is 0 Å². The lowest BCUT2D eigenvalue weighted by molar-refractivity contribution is -0.139. The van der Waals surface area contributed by atoms with Crippen LogP contribution in [0, 0.1) is 5.92 Å². The maximum absolute atomic E-state index is 12.7. The Bertz CT molecular complexity index is 359. The Morgan fingerprint density at radius 3 is 2.17 bits per heavy atom. The van der Waals surface area contributed by atoms with Gasteiger partial charge >= 0.3 is 0 Å². The molecule has 2 rings (SSSR count). The second kappa shape index (κ2) is 9.00. The summed E-state index contributed by atoms with van der Waals surface area (Å²) in [7, 11) is 0. The van der Waals surface area contributed by atoms with Crippen LogP contribution in [0.2, 0.25) is 0 Å². The zero-order valence-corrected chi connectivity index (χ0v) is 15.5. The van der Waals surface area contributed by atoms with E-state index < -0.39 is 0 Å². The molecule has 0 bridgehead atoms. The molecule has 0 radical (unpaired) electrons. The van der Waals surface area contributed by atoms with Crippen molar-refractivity contribution in [1.29, 1.82) is 0 Å². The van der Waals surface area contributed by atoms with Crippen LogP contribution < -0.4 is 0 Å². The average Bonchev–Trinajstić information content (AvgIpc) is 2.59. The van der Waals surface area contributed by atoms with E-state index in [2.05, 4.69) is 42.4 Å². The molecule has 1 amide bonds. The number of likely N-dealkylation sites (tertiary alicyclic amines) is 1. The molecule has 2 heterocycles. The molecule has 0 aromatic rings. The molecule has 2 aliphatic heterocycles. The van der Waals surface area contributed by atoms with Gasteiger partial charge in [-0.05, 0) is 32.2 Å². The van der Waals surface area contributed by atoms with Gasteiger partial charge in [0.2, 0.25) is 5.91 Å². The minimum absolute atomic E-state index is 0.00854. The zero-order valence-electron chi connectivity index (χ0n) is 15.5. The van der Waals surface area contributed by atoms with Gasteiger partial charge in [-0.2, -0.15) is 0 Å². The van der Waals surface area contributed by atoms with E-state index >= 15 is 0 Å². The van der Waals surface area contributed by atoms with Crippen molar-refractivity contribution in [2.45, 2.75) is 52.7 Å². The van der Waals surface area contributed by atoms with E-state index in [0.29, 0.717) is 17.9 Å². The molecule has 0 saturated carbocycles. The lowest BCUT2D eigenvalue weighted by Gasteiger charge is -2.40. The van der Waals surface area contributed by atoms with Crippen LogP contribution in [0.15, 0.2) is 0 Å². The third-order valence-electron chi connectivity index (χ3n) is 5.18. The molecule has 1 unspecified atom stereocenters. The zero-order chi connectivity index (χ0) is 16.8. The summed E-state index contributed by atoms with van der Waals surface area (Å²) in [5, 5.41) is 0. The van der Waals surface area contributed by atoms with Gasteiger partial charge in [-0.15, -0.1) is 0 Å². The van der Waals surface area contributed by atoms with E-state index in [1.54, 1.807) is 0 Å². The van der Waals surface area contributed by atoms with Crippen molar-refractivity contribution in [2.24, 2.45) is 5.92 Å². The minimum Gasteiger partial charge on any atom is -0.378 e. The quantitative estimate of drug-likeness (QED) is 0.744. The highest BCUT2D eigenvalue weighted by atomic mass is 16.5. The van der Waals surface area contributed by atoms with E-state index in [1.165, 1.54) is 0 Å². The smallest absolute Gasteiger partial charge is 0.239 e. The molecule has 0 aromatic heterocycles. The van der Waals surface area contributed by atoms with Crippen LogP contribution in [-0.4, -0.2) is 85.2 Å². The second-order valence-corrected chi connectivity index (χ2v) is 7.40. The van der Waals surface area contributed by atoms with Crippen LogP contribution in [0.3, 0.4) is 0 Å². The topological polar surface area (TPSA) is 36.0 Å². The highest BCUT2D eigenvalue weighted by molar-refractivity contribution is 5.81. The van der Waals surface area contributed by atoms with E-state index in [4.69, 9.17) is 4.74 Å². The van der Waals surface area contributed by atoms with E-state index in [9.17, 15) is 4.79 Å². The molecule has 2 fully saturated rings. The molecular formula is C18H35N3O2. The summed E-state index contributed by atoms with van der Waals surface area (Å²) in [6, 6.07) is 0.00854. The third kappa shape index (κ3) is 5.44. The summed E-state index contributed by atoms with van der Waals surface area (Å²) in [5.74, 6) is 0.901. The molecule has 134 valence electrons. The molecule has 0 aliphatic carbocycles. The number of nitrogens with zero attached hydrogens (tertiary/aromatic N) is 3. The first-order valence-electron chi connectivity index (χ1n) is 9.38. The van der Waals surface area contributed by atoms with Crippen LogP contribution in [0.4, 0.5) is 0 Å². The lowest BCUT2D eigenvalue weighted by atomic mass is 10.0. The molecule has 0 aromatic carbocycles. The van der Waals surface area contributed by atoms with Gasteiger partial charge in [-0.25, -0.2) is 0 Å². The second-order valence-electron chi connectivity index (χ2n) is 7.40. The number of hydrogen-bond donors (Lipinski definition) is 0. The Morgan fingerprint density at radius 1 is 1.04 bits per heavy atom. The number of amides is 1. The fourth-order valence-corrected chi connectivity index (χ4v) is 3.46. The summed E-state index contributed by atoms with van der Waals surface area (Å²) < 4.78 is 5.95. The number of carbonyl (C=O) groups excluding carboxylic acids is 1. The first-order chi connectivity index (χ1) is 11.0. The van der Waals surface area contributed by atoms with Crippen molar-refractivity contribution < 1.29 is 9.53 Å². The highest BCUT2D eigenvalue weighted by Gasteiger charge is 2.30. The summed E-state index contributed by atoms with van der Waals surface area (Å²) in [6.45, 7) is 16.3. The van der Waals surface area contributed by atoms with Gasteiger partial charge in [0.15, 0.2) is 0 Å². The number of piperidine rings is 1. The predicted molar refractivity (Wildman–Crippen MR) is 93.5 cm³/mol. The van der Waals surface area contributed by atoms with Crippen molar-refractivity contribution in [2.75, 3.05) is 52.4 Å². The van der Waals surface area contributed by atoms with E-state index in [0.717, 1.165) is 65.3 Å². The Balaban J connectivity index is 1.73. The Labute approximate surface area is 141 Å². The normalized spacial score (nSPS) is 23.4. The standard InChI is InChI=1S/C18H35N3O2/c1-5-19-10-12-21(13-11-19)18(22)16(4)20-8-6-17(7-9-20)23-14-15(2)3/h15-17H,5-14H2,1-4H3. The van der Waals surface area contributed by atoms with Crippen LogP contribution in [-0.2, 0) is 9.53 Å². The fraction of sp³-hybridized carbons (Fsp3) is 0.944. The highest BCUT2D eigenvalue weighted by Crippen LogP contribution is 2.18. The third-order valence-corrected chi connectivity index (χ3v) is 5.18. The Kier molecular flexibility index (Phi) is 7.31. The molecule has 5 nitrogen and oxygen atoms in total. The monoisotopic (exact) mass is 325 g/mol. The molecule has 5 heteroatoms. The molecular weight excluding hydrogens is 290 g/mol. The van der Waals surface area contributed by atoms with Gasteiger partial charge in [-0.3, -0.25) is 9.69 Å². The van der Waals surface area contributed by atoms with Crippen molar-refractivity contribution in [3.05, 3.63) is 0 Å². The SMILES string of the molecule is CCN1CCN(C(=O)C(C)N2CCC(OCC(C)C)CC2)CC1. The number of rotatable bonds is 6. The molecule has 0 spiro atoms. The molecule has 2 aliphatic rings. The summed E-state index contributed by atoms with van der Waals surface area (Å²) in [4.78, 5) is 19.5. The lowest BCUT2D eigenvalue weighted by Crippen LogP contribution is -2.55. The van der Waals surface area contributed by atoms with Crippen molar-refractivity contribution in [1.82, 2.24) is 14.7 Å². The maximum Gasteiger partial charge on any atom is 0.239 e. The average molecular weight is 325 g/mol. The van der Waals surface area contributed by atoms with Gasteiger partial charge in [0.05, 0.1) is 12.1 Å². The predicted octanol–water partition coefficient (Wildman–Crippen LogP) is 1.68. The van der Waals surface area contributed by atoms with Gasteiger partial charge in [0.1, 0.15) is 0 Å². The first-order valence-corrected chi connectivity index (χ1v) is 9.38. The number of carbonyl (C=O) groups is 1. The van der Waals surface area contributed by atoms with Gasteiger partial charge in [-0.1, -0.05) is 20.8 Å². The summed E-state index contributed by atoms with van der Waals surface area (Å²) in [6.07, 6.45) is 2.48. The van der Waals surface area contributed by atoms with Crippen LogP contribution in [0.25, 0.3) is 0 Å². The van der Waals surface area contributed by atoms with E-state index in [1.807, 2.05) is 0 Å². The fourth-order valence-electron chi connectivity index (χ4n) is 3.46. The van der Waals surface area contributed by atoms with Gasteiger partial charge in [0.25, 0.3) is 0 Å². The van der Waals surface area contributed by atoms with Gasteiger partial charge in [0, 0.05) is 45.9 Å². The van der Waals surface area contributed by atoms with Crippen LogP contribution >= 0.6 is 0 Å².